The molecular formula is C13H22N2O. The summed E-state index contributed by atoms with van der Waals surface area (Å²) in [5, 5.41) is 9.97. The summed E-state index contributed by atoms with van der Waals surface area (Å²) in [6.07, 6.45) is 0. The first-order valence-electron chi connectivity index (χ1n) is 5.48. The number of aryl methyl sites for hydroxylation is 1. The lowest BCUT2D eigenvalue weighted by Gasteiger charge is -2.22. The van der Waals surface area contributed by atoms with E-state index in [4.69, 9.17) is 5.73 Å². The van der Waals surface area contributed by atoms with Crippen LogP contribution in [0.15, 0.2) is 12.1 Å². The molecule has 0 spiro atoms. The number of hydrogen-bond donors (Lipinski definition) is 2. The van der Waals surface area contributed by atoms with Gasteiger partial charge in [0, 0.05) is 17.6 Å². The molecule has 0 saturated carbocycles. The molecule has 3 heteroatoms. The first-order valence-corrected chi connectivity index (χ1v) is 5.48. The van der Waals surface area contributed by atoms with Gasteiger partial charge in [-0.3, -0.25) is 0 Å². The number of hydrogen-bond acceptors (Lipinski definition) is 3. The van der Waals surface area contributed by atoms with Crippen LogP contribution in [-0.2, 0) is 12.1 Å². The standard InChI is InChI=1S/C13H22N2O/c1-9-6-11(13(2,3)14)7-10(12(9)16)8-15(4)5/h6-7,16H,8,14H2,1-5H3. The summed E-state index contributed by atoms with van der Waals surface area (Å²) in [4.78, 5) is 2.03. The van der Waals surface area contributed by atoms with E-state index in [2.05, 4.69) is 0 Å². The Morgan fingerprint density at radius 3 is 2.31 bits per heavy atom. The molecular weight excluding hydrogens is 200 g/mol. The van der Waals surface area contributed by atoms with Gasteiger partial charge in [0.2, 0.25) is 0 Å². The summed E-state index contributed by atoms with van der Waals surface area (Å²) in [6, 6.07) is 3.94. The summed E-state index contributed by atoms with van der Waals surface area (Å²) in [6.45, 7) is 6.57. The average Bonchev–Trinajstić information content (AvgIpc) is 2.10. The highest BCUT2D eigenvalue weighted by molar-refractivity contribution is 5.44. The van der Waals surface area contributed by atoms with Gasteiger partial charge in [-0.15, -0.1) is 0 Å². The van der Waals surface area contributed by atoms with Gasteiger partial charge in [-0.05, 0) is 52.1 Å². The zero-order valence-corrected chi connectivity index (χ0v) is 10.8. The van der Waals surface area contributed by atoms with Crippen LogP contribution in [0.3, 0.4) is 0 Å². The van der Waals surface area contributed by atoms with Gasteiger partial charge < -0.3 is 15.7 Å². The molecule has 3 N–H and O–H groups in total. The summed E-state index contributed by atoms with van der Waals surface area (Å²) >= 11 is 0. The lowest BCUT2D eigenvalue weighted by Crippen LogP contribution is -2.29. The number of nitrogens with two attached hydrogens (primary N) is 1. The zero-order chi connectivity index (χ0) is 12.5. The fourth-order valence-electron chi connectivity index (χ4n) is 1.69. The minimum absolute atomic E-state index is 0.375. The van der Waals surface area contributed by atoms with Crippen molar-refractivity contribution in [3.63, 3.8) is 0 Å². The van der Waals surface area contributed by atoms with E-state index < -0.39 is 0 Å². The quantitative estimate of drug-likeness (QED) is 0.822. The first-order chi connectivity index (χ1) is 7.21. The molecule has 1 aromatic rings. The van der Waals surface area contributed by atoms with E-state index in [0.717, 1.165) is 23.2 Å². The maximum absolute atomic E-state index is 9.97. The van der Waals surface area contributed by atoms with Crippen LogP contribution >= 0.6 is 0 Å². The highest BCUT2D eigenvalue weighted by Gasteiger charge is 2.17. The van der Waals surface area contributed by atoms with Crippen LogP contribution in [0.1, 0.15) is 30.5 Å². The van der Waals surface area contributed by atoms with E-state index in [1.165, 1.54) is 0 Å². The van der Waals surface area contributed by atoms with Crippen molar-refractivity contribution in [3.05, 3.63) is 28.8 Å². The van der Waals surface area contributed by atoms with Crippen LogP contribution in [0.5, 0.6) is 5.75 Å². The number of aromatic hydroxyl groups is 1. The molecule has 1 aromatic carbocycles. The largest absolute Gasteiger partial charge is 0.507 e. The predicted octanol–water partition coefficient (Wildman–Crippen LogP) is 1.96. The monoisotopic (exact) mass is 222 g/mol. The van der Waals surface area contributed by atoms with Crippen molar-refractivity contribution in [2.45, 2.75) is 32.9 Å². The molecule has 0 radical (unpaired) electrons. The Hall–Kier alpha value is -1.06. The van der Waals surface area contributed by atoms with Crippen LogP contribution in [0, 0.1) is 6.92 Å². The molecule has 0 unspecified atom stereocenters. The van der Waals surface area contributed by atoms with Crippen LogP contribution in [-0.4, -0.2) is 24.1 Å². The fraction of sp³-hybridized carbons (Fsp3) is 0.538. The Balaban J connectivity index is 3.22. The van der Waals surface area contributed by atoms with Gasteiger partial charge in [-0.25, -0.2) is 0 Å². The Morgan fingerprint density at radius 1 is 1.31 bits per heavy atom. The molecule has 3 nitrogen and oxygen atoms in total. The molecule has 0 atom stereocenters. The van der Waals surface area contributed by atoms with E-state index in [-0.39, 0.29) is 5.54 Å². The molecule has 1 rings (SSSR count). The molecule has 0 amide bonds. The van der Waals surface area contributed by atoms with Gasteiger partial charge >= 0.3 is 0 Å². The maximum atomic E-state index is 9.97. The molecule has 0 bridgehead atoms. The van der Waals surface area contributed by atoms with Crippen molar-refractivity contribution in [1.82, 2.24) is 4.90 Å². The van der Waals surface area contributed by atoms with Crippen molar-refractivity contribution in [1.29, 1.82) is 0 Å². The summed E-state index contributed by atoms with van der Waals surface area (Å²) in [7, 11) is 3.96. The van der Waals surface area contributed by atoms with Crippen LogP contribution in [0.2, 0.25) is 0 Å². The van der Waals surface area contributed by atoms with E-state index in [1.807, 2.05) is 51.9 Å². The normalized spacial score (nSPS) is 12.2. The Kier molecular flexibility index (Phi) is 3.61. The fourth-order valence-corrected chi connectivity index (χ4v) is 1.69. The van der Waals surface area contributed by atoms with Crippen LogP contribution in [0.25, 0.3) is 0 Å². The lowest BCUT2D eigenvalue weighted by molar-refractivity contribution is 0.383. The molecule has 16 heavy (non-hydrogen) atoms. The molecule has 90 valence electrons. The van der Waals surface area contributed by atoms with Crippen LogP contribution < -0.4 is 5.73 Å². The minimum atomic E-state index is -0.375. The molecule has 0 saturated heterocycles. The molecule has 0 aliphatic carbocycles. The average molecular weight is 222 g/mol. The highest BCUT2D eigenvalue weighted by Crippen LogP contribution is 2.28. The number of nitrogens with zero attached hydrogens (tertiary/aromatic N) is 1. The minimum Gasteiger partial charge on any atom is -0.507 e. The van der Waals surface area contributed by atoms with Crippen molar-refractivity contribution in [3.8, 4) is 5.75 Å². The Morgan fingerprint density at radius 2 is 1.88 bits per heavy atom. The third-order valence-electron chi connectivity index (χ3n) is 2.61. The topological polar surface area (TPSA) is 49.5 Å². The van der Waals surface area contributed by atoms with Gasteiger partial charge in [0.25, 0.3) is 0 Å². The maximum Gasteiger partial charge on any atom is 0.122 e. The van der Waals surface area contributed by atoms with Crippen molar-refractivity contribution in [2.24, 2.45) is 5.73 Å². The lowest BCUT2D eigenvalue weighted by atomic mass is 9.91. The van der Waals surface area contributed by atoms with Gasteiger partial charge in [0.15, 0.2) is 0 Å². The second-order valence-electron chi connectivity index (χ2n) is 5.26. The summed E-state index contributed by atoms with van der Waals surface area (Å²) in [5.74, 6) is 0.377. The molecule has 0 aliphatic rings. The number of phenols is 1. The summed E-state index contributed by atoms with van der Waals surface area (Å²) in [5.41, 5.74) is 8.57. The van der Waals surface area contributed by atoms with Crippen molar-refractivity contribution < 1.29 is 5.11 Å². The molecule has 0 heterocycles. The van der Waals surface area contributed by atoms with Crippen LogP contribution in [0.4, 0.5) is 0 Å². The second kappa shape index (κ2) is 4.44. The third kappa shape index (κ3) is 2.97. The zero-order valence-electron chi connectivity index (χ0n) is 10.8. The smallest absolute Gasteiger partial charge is 0.122 e. The predicted molar refractivity (Wildman–Crippen MR) is 67.4 cm³/mol. The van der Waals surface area contributed by atoms with Gasteiger partial charge in [-0.1, -0.05) is 6.07 Å². The molecule has 0 aromatic heterocycles. The molecule has 0 aliphatic heterocycles. The van der Waals surface area contributed by atoms with Gasteiger partial charge in [0.05, 0.1) is 0 Å². The molecule has 0 fully saturated rings. The summed E-state index contributed by atoms with van der Waals surface area (Å²) < 4.78 is 0. The van der Waals surface area contributed by atoms with Crippen molar-refractivity contribution >= 4 is 0 Å². The first kappa shape index (κ1) is 13.0. The number of phenolic OH excluding ortho intramolecular Hbond substituents is 1. The third-order valence-corrected chi connectivity index (χ3v) is 2.61. The Labute approximate surface area is 97.9 Å². The highest BCUT2D eigenvalue weighted by atomic mass is 16.3. The number of rotatable bonds is 3. The second-order valence-corrected chi connectivity index (χ2v) is 5.26. The Bertz CT molecular complexity index is 378. The van der Waals surface area contributed by atoms with E-state index in [1.54, 1.807) is 0 Å². The van der Waals surface area contributed by atoms with Gasteiger partial charge in [0.1, 0.15) is 5.75 Å². The SMILES string of the molecule is Cc1cc(C(C)(C)N)cc(CN(C)C)c1O. The van der Waals surface area contributed by atoms with Gasteiger partial charge in [-0.2, -0.15) is 0 Å². The van der Waals surface area contributed by atoms with Crippen molar-refractivity contribution in [2.75, 3.05) is 14.1 Å². The van der Waals surface area contributed by atoms with E-state index >= 15 is 0 Å². The van der Waals surface area contributed by atoms with E-state index in [0.29, 0.717) is 5.75 Å². The van der Waals surface area contributed by atoms with E-state index in [9.17, 15) is 5.11 Å². The number of benzene rings is 1.